The van der Waals surface area contributed by atoms with E-state index in [1.54, 1.807) is 0 Å². The maximum atomic E-state index is 13.2. The fraction of sp³-hybridized carbons (Fsp3) is 0.167. The number of benzene rings is 2. The summed E-state index contributed by atoms with van der Waals surface area (Å²) in [6.07, 6.45) is -15.0. The van der Waals surface area contributed by atoms with Gasteiger partial charge in [0.15, 0.2) is 0 Å². The molecular formula is C18H9F9N2. The molecular weight excluding hydrogens is 415 g/mol. The van der Waals surface area contributed by atoms with Crippen LogP contribution in [0.5, 0.6) is 0 Å². The van der Waals surface area contributed by atoms with Gasteiger partial charge in [0.1, 0.15) is 5.69 Å². The predicted molar refractivity (Wildman–Crippen MR) is 86.5 cm³/mol. The molecule has 2 nitrogen and oxygen atoms in total. The highest BCUT2D eigenvalue weighted by molar-refractivity contribution is 5.95. The van der Waals surface area contributed by atoms with Crippen LogP contribution in [-0.4, -0.2) is 4.98 Å². The Labute approximate surface area is 157 Å². The molecule has 1 heterocycles. The van der Waals surface area contributed by atoms with Crippen LogP contribution >= 0.6 is 0 Å². The fourth-order valence-corrected chi connectivity index (χ4v) is 2.71. The van der Waals surface area contributed by atoms with Crippen molar-refractivity contribution in [1.29, 1.82) is 0 Å². The number of fused-ring (bicyclic) bond motifs is 1. The zero-order valence-corrected chi connectivity index (χ0v) is 14.0. The van der Waals surface area contributed by atoms with Gasteiger partial charge in [-0.2, -0.15) is 39.5 Å². The van der Waals surface area contributed by atoms with Gasteiger partial charge in [-0.1, -0.05) is 24.3 Å². The smallest absolute Gasteiger partial charge is 0.354 e. The van der Waals surface area contributed by atoms with Gasteiger partial charge in [-0.05, 0) is 24.3 Å². The van der Waals surface area contributed by atoms with Crippen LogP contribution in [0.25, 0.3) is 10.9 Å². The summed E-state index contributed by atoms with van der Waals surface area (Å²) in [5.41, 5.74) is -6.53. The summed E-state index contributed by atoms with van der Waals surface area (Å²) in [5.74, 6) is 0. The summed E-state index contributed by atoms with van der Waals surface area (Å²) in [6, 6.07) is 6.80. The molecule has 0 radical (unpaired) electrons. The molecule has 154 valence electrons. The van der Waals surface area contributed by atoms with Crippen LogP contribution < -0.4 is 5.32 Å². The van der Waals surface area contributed by atoms with E-state index < -0.39 is 57.6 Å². The molecule has 0 aliphatic rings. The number of alkyl halides is 9. The topological polar surface area (TPSA) is 24.9 Å². The van der Waals surface area contributed by atoms with Gasteiger partial charge in [-0.15, -0.1) is 0 Å². The molecule has 0 amide bonds. The van der Waals surface area contributed by atoms with E-state index in [1.807, 2.05) is 0 Å². The van der Waals surface area contributed by atoms with Crippen LogP contribution in [0.1, 0.15) is 16.8 Å². The molecule has 0 saturated heterocycles. The highest BCUT2D eigenvalue weighted by atomic mass is 19.4. The highest BCUT2D eigenvalue weighted by Crippen LogP contribution is 2.41. The Morgan fingerprint density at radius 1 is 0.621 bits per heavy atom. The van der Waals surface area contributed by atoms with E-state index in [0.29, 0.717) is 18.2 Å². The summed E-state index contributed by atoms with van der Waals surface area (Å²) in [5, 5.41) is 1.77. The molecule has 11 heteroatoms. The molecule has 0 saturated carbocycles. The maximum Gasteiger partial charge on any atom is 0.433 e. The first-order valence-corrected chi connectivity index (χ1v) is 7.80. The van der Waals surface area contributed by atoms with E-state index in [2.05, 4.69) is 10.3 Å². The van der Waals surface area contributed by atoms with Crippen molar-refractivity contribution in [1.82, 2.24) is 4.98 Å². The van der Waals surface area contributed by atoms with Crippen molar-refractivity contribution in [2.75, 3.05) is 5.32 Å². The molecule has 29 heavy (non-hydrogen) atoms. The molecule has 1 N–H and O–H groups in total. The van der Waals surface area contributed by atoms with E-state index in [9.17, 15) is 39.5 Å². The second kappa shape index (κ2) is 6.82. The first kappa shape index (κ1) is 20.7. The monoisotopic (exact) mass is 424 g/mol. The predicted octanol–water partition coefficient (Wildman–Crippen LogP) is 7.03. The molecule has 0 unspecified atom stereocenters. The maximum absolute atomic E-state index is 13.2. The number of aromatic nitrogens is 1. The van der Waals surface area contributed by atoms with Crippen LogP contribution in [-0.2, 0) is 18.5 Å². The van der Waals surface area contributed by atoms with Crippen molar-refractivity contribution < 1.29 is 39.5 Å². The summed E-state index contributed by atoms with van der Waals surface area (Å²) < 4.78 is 119. The summed E-state index contributed by atoms with van der Waals surface area (Å²) >= 11 is 0. The lowest BCUT2D eigenvalue weighted by atomic mass is 10.1. The van der Waals surface area contributed by atoms with Crippen molar-refractivity contribution in [3.05, 3.63) is 65.4 Å². The first-order chi connectivity index (χ1) is 13.3. The Morgan fingerprint density at radius 2 is 1.21 bits per heavy atom. The average molecular weight is 424 g/mol. The Bertz CT molecular complexity index is 1050. The minimum atomic E-state index is -5.12. The quantitative estimate of drug-likeness (QED) is 0.447. The van der Waals surface area contributed by atoms with Crippen molar-refractivity contribution in [3.63, 3.8) is 0 Å². The van der Waals surface area contributed by atoms with E-state index in [-0.39, 0.29) is 0 Å². The first-order valence-electron chi connectivity index (χ1n) is 7.80. The molecule has 0 spiro atoms. The molecule has 0 bridgehead atoms. The third-order valence-corrected chi connectivity index (χ3v) is 3.94. The molecule has 0 aliphatic carbocycles. The van der Waals surface area contributed by atoms with Crippen LogP contribution in [0, 0.1) is 0 Å². The number of nitrogens with zero attached hydrogens (tertiary/aromatic N) is 1. The second-order valence-electron chi connectivity index (χ2n) is 5.92. The molecule has 0 atom stereocenters. The van der Waals surface area contributed by atoms with Gasteiger partial charge in [0.05, 0.1) is 28.0 Å². The van der Waals surface area contributed by atoms with Crippen molar-refractivity contribution >= 4 is 22.3 Å². The zero-order chi connectivity index (χ0) is 21.6. The standard InChI is InChI=1S/C18H9F9N2/c19-16(20,21)10-5-1-2-7-12(10)28-13-8-14(18(25,26)27)29-15-9(13)4-3-6-11(15)17(22,23)24/h1-8H,(H,28,29). The molecule has 0 aliphatic heterocycles. The van der Waals surface area contributed by atoms with Gasteiger partial charge >= 0.3 is 18.5 Å². The Kier molecular flexibility index (Phi) is 4.88. The Hall–Kier alpha value is -2.98. The van der Waals surface area contributed by atoms with Crippen LogP contribution in [0.4, 0.5) is 50.9 Å². The number of halogens is 9. The summed E-state index contributed by atoms with van der Waals surface area (Å²) in [6.45, 7) is 0. The number of hydrogen-bond donors (Lipinski definition) is 1. The zero-order valence-electron chi connectivity index (χ0n) is 14.0. The average Bonchev–Trinajstić information content (AvgIpc) is 2.59. The highest BCUT2D eigenvalue weighted by Gasteiger charge is 2.38. The van der Waals surface area contributed by atoms with Crippen LogP contribution in [0.15, 0.2) is 48.5 Å². The van der Waals surface area contributed by atoms with Crippen LogP contribution in [0.3, 0.4) is 0 Å². The second-order valence-corrected chi connectivity index (χ2v) is 5.92. The normalized spacial score (nSPS) is 13.0. The van der Waals surface area contributed by atoms with E-state index in [4.69, 9.17) is 0 Å². The third kappa shape index (κ3) is 4.22. The van der Waals surface area contributed by atoms with Crippen molar-refractivity contribution in [2.45, 2.75) is 18.5 Å². The molecule has 3 aromatic rings. The lowest BCUT2D eigenvalue weighted by Gasteiger charge is -2.18. The number of pyridine rings is 1. The van der Waals surface area contributed by atoms with Gasteiger partial charge < -0.3 is 5.32 Å². The van der Waals surface area contributed by atoms with Crippen molar-refractivity contribution in [2.24, 2.45) is 0 Å². The van der Waals surface area contributed by atoms with E-state index >= 15 is 0 Å². The van der Waals surface area contributed by atoms with Gasteiger partial charge in [-0.3, -0.25) is 0 Å². The lowest BCUT2D eigenvalue weighted by Crippen LogP contribution is -2.13. The Morgan fingerprint density at radius 3 is 1.79 bits per heavy atom. The number of para-hydroxylation sites is 2. The van der Waals surface area contributed by atoms with Gasteiger partial charge in [0, 0.05) is 5.39 Å². The van der Waals surface area contributed by atoms with Gasteiger partial charge in [0.2, 0.25) is 0 Å². The minimum Gasteiger partial charge on any atom is -0.354 e. The summed E-state index contributed by atoms with van der Waals surface area (Å²) in [4.78, 5) is 3.08. The number of anilines is 2. The molecule has 2 aromatic carbocycles. The van der Waals surface area contributed by atoms with Gasteiger partial charge in [-0.25, -0.2) is 4.98 Å². The third-order valence-electron chi connectivity index (χ3n) is 3.94. The molecule has 1 aromatic heterocycles. The number of rotatable bonds is 2. The van der Waals surface area contributed by atoms with E-state index in [1.165, 1.54) is 6.07 Å². The fourth-order valence-electron chi connectivity index (χ4n) is 2.71. The molecule has 3 rings (SSSR count). The van der Waals surface area contributed by atoms with Crippen LogP contribution in [0.2, 0.25) is 0 Å². The molecule has 0 fully saturated rings. The number of nitrogens with one attached hydrogen (secondary N) is 1. The summed E-state index contributed by atoms with van der Waals surface area (Å²) in [7, 11) is 0. The SMILES string of the molecule is FC(F)(F)c1cc(Nc2ccccc2C(F)(F)F)c2cccc(C(F)(F)F)c2n1. The number of hydrogen-bond acceptors (Lipinski definition) is 2. The Balaban J connectivity index is 2.29. The minimum absolute atomic E-state index is 0.371. The largest absolute Gasteiger partial charge is 0.433 e. The van der Waals surface area contributed by atoms with E-state index in [0.717, 1.165) is 24.3 Å². The lowest BCUT2D eigenvalue weighted by molar-refractivity contribution is -0.142. The van der Waals surface area contributed by atoms with Gasteiger partial charge in [0.25, 0.3) is 0 Å². The van der Waals surface area contributed by atoms with Crippen molar-refractivity contribution in [3.8, 4) is 0 Å².